The summed E-state index contributed by atoms with van der Waals surface area (Å²) in [6, 6.07) is 18.0. The van der Waals surface area contributed by atoms with Gasteiger partial charge in [0.05, 0.1) is 17.4 Å². The van der Waals surface area contributed by atoms with Gasteiger partial charge in [0.25, 0.3) is 0 Å². The summed E-state index contributed by atoms with van der Waals surface area (Å²) in [6.45, 7) is 6.44. The molecule has 2 amide bonds. The third-order valence-corrected chi connectivity index (χ3v) is 9.58. The molecule has 40 heavy (non-hydrogen) atoms. The van der Waals surface area contributed by atoms with Gasteiger partial charge in [-0.25, -0.2) is 4.79 Å². The molecular weight excluding hydrogens is 542 g/mol. The Kier molecular flexibility index (Phi) is 9.24. The monoisotopic (exact) mass is 577 g/mol. The molecule has 2 aromatic carbocycles. The Morgan fingerprint density at radius 1 is 1.07 bits per heavy atom. The molecule has 1 aromatic heterocycles. The SMILES string of the molecule is CCOC(=O)c1c(NC(=O)C(CC)Sc2cccc(NC(=O)C3CC3)c2)sc2c1CCN(Cc1ccccc1)C2. The first kappa shape index (κ1) is 28.4. The van der Waals surface area contributed by atoms with Crippen molar-refractivity contribution in [1.29, 1.82) is 0 Å². The van der Waals surface area contributed by atoms with E-state index in [1.165, 1.54) is 28.7 Å². The van der Waals surface area contributed by atoms with Crippen LogP contribution in [0.2, 0.25) is 0 Å². The first-order valence-electron chi connectivity index (χ1n) is 13.9. The molecule has 1 unspecified atom stereocenters. The van der Waals surface area contributed by atoms with Crippen LogP contribution in [-0.2, 0) is 33.8 Å². The summed E-state index contributed by atoms with van der Waals surface area (Å²) in [5, 5.41) is 6.27. The van der Waals surface area contributed by atoms with E-state index in [2.05, 4.69) is 27.7 Å². The second-order valence-electron chi connectivity index (χ2n) is 10.2. The first-order chi connectivity index (χ1) is 19.4. The van der Waals surface area contributed by atoms with E-state index in [-0.39, 0.29) is 35.6 Å². The fraction of sp³-hybridized carbons (Fsp3) is 0.387. The van der Waals surface area contributed by atoms with Crippen LogP contribution < -0.4 is 10.6 Å². The topological polar surface area (TPSA) is 87.7 Å². The number of benzene rings is 2. The molecule has 5 rings (SSSR count). The quantitative estimate of drug-likeness (QED) is 0.204. The van der Waals surface area contributed by atoms with Crippen LogP contribution in [0.25, 0.3) is 0 Å². The lowest BCUT2D eigenvalue weighted by Gasteiger charge is -2.27. The molecule has 0 radical (unpaired) electrons. The molecule has 3 aromatic rings. The van der Waals surface area contributed by atoms with E-state index in [0.717, 1.165) is 59.9 Å². The standard InChI is InChI=1S/C31H35N3O4S2/c1-3-25(39-23-12-8-11-22(17-23)32-28(35)21-13-14-21)29(36)33-30-27(31(37)38-4-2)24-15-16-34(19-26(24)40-30)18-20-9-6-5-7-10-20/h5-12,17,21,25H,3-4,13-16,18-19H2,1-2H3,(H,32,35)(H,33,36). The molecule has 2 N–H and O–H groups in total. The average molecular weight is 578 g/mol. The van der Waals surface area contributed by atoms with E-state index < -0.39 is 0 Å². The van der Waals surface area contributed by atoms with Crippen LogP contribution in [0.4, 0.5) is 10.7 Å². The molecular formula is C31H35N3O4S2. The number of hydrogen-bond acceptors (Lipinski definition) is 7. The molecule has 1 aliphatic carbocycles. The summed E-state index contributed by atoms with van der Waals surface area (Å²) in [4.78, 5) is 43.1. The second kappa shape index (κ2) is 13.0. The summed E-state index contributed by atoms with van der Waals surface area (Å²) in [5.74, 6) is -0.347. The molecule has 1 aliphatic heterocycles. The summed E-state index contributed by atoms with van der Waals surface area (Å²) >= 11 is 2.94. The Bertz CT molecular complexity index is 1370. The van der Waals surface area contributed by atoms with Crippen molar-refractivity contribution in [2.24, 2.45) is 5.92 Å². The first-order valence-corrected chi connectivity index (χ1v) is 15.6. The van der Waals surface area contributed by atoms with Crippen LogP contribution in [-0.4, -0.2) is 41.1 Å². The number of carbonyl (C=O) groups is 3. The number of amides is 2. The third kappa shape index (κ3) is 6.95. The number of thioether (sulfide) groups is 1. The largest absolute Gasteiger partial charge is 0.462 e. The van der Waals surface area contributed by atoms with Gasteiger partial charge in [-0.05, 0) is 61.9 Å². The van der Waals surface area contributed by atoms with Crippen LogP contribution in [0.1, 0.15) is 59.5 Å². The highest BCUT2D eigenvalue weighted by molar-refractivity contribution is 8.00. The van der Waals surface area contributed by atoms with Crippen LogP contribution in [0.5, 0.6) is 0 Å². The Morgan fingerprint density at radius 2 is 1.88 bits per heavy atom. The zero-order chi connectivity index (χ0) is 28.1. The number of nitrogens with one attached hydrogen (secondary N) is 2. The number of rotatable bonds is 11. The molecule has 1 saturated carbocycles. The van der Waals surface area contributed by atoms with E-state index in [1.54, 1.807) is 6.92 Å². The Morgan fingerprint density at radius 3 is 2.60 bits per heavy atom. The van der Waals surface area contributed by atoms with Gasteiger partial charge in [-0.1, -0.05) is 43.3 Å². The Hall–Kier alpha value is -3.14. The predicted octanol–water partition coefficient (Wildman–Crippen LogP) is 6.34. The number of ether oxygens (including phenoxy) is 1. The number of esters is 1. The lowest BCUT2D eigenvalue weighted by molar-refractivity contribution is -0.117. The van der Waals surface area contributed by atoms with Gasteiger partial charge in [0, 0.05) is 41.0 Å². The summed E-state index contributed by atoms with van der Waals surface area (Å²) in [7, 11) is 0. The second-order valence-corrected chi connectivity index (χ2v) is 12.6. The van der Waals surface area contributed by atoms with E-state index in [1.807, 2.05) is 49.4 Å². The summed E-state index contributed by atoms with van der Waals surface area (Å²) < 4.78 is 5.41. The van der Waals surface area contributed by atoms with Crippen molar-refractivity contribution < 1.29 is 19.1 Å². The maximum Gasteiger partial charge on any atom is 0.341 e. The van der Waals surface area contributed by atoms with Crippen molar-refractivity contribution in [3.63, 3.8) is 0 Å². The van der Waals surface area contributed by atoms with Gasteiger partial charge in [-0.3, -0.25) is 14.5 Å². The molecule has 2 heterocycles. The van der Waals surface area contributed by atoms with Crippen molar-refractivity contribution >= 4 is 51.6 Å². The predicted molar refractivity (Wildman–Crippen MR) is 161 cm³/mol. The minimum absolute atomic E-state index is 0.0578. The fourth-order valence-electron chi connectivity index (χ4n) is 4.86. The molecule has 1 atom stereocenters. The van der Waals surface area contributed by atoms with Crippen LogP contribution >= 0.6 is 23.1 Å². The number of carbonyl (C=O) groups excluding carboxylic acids is 3. The minimum Gasteiger partial charge on any atom is -0.462 e. The maximum absolute atomic E-state index is 13.5. The molecule has 0 spiro atoms. The Balaban J connectivity index is 1.30. The molecule has 7 nitrogen and oxygen atoms in total. The van der Waals surface area contributed by atoms with Crippen LogP contribution in [0, 0.1) is 5.92 Å². The van der Waals surface area contributed by atoms with Crippen molar-refractivity contribution in [1.82, 2.24) is 4.90 Å². The van der Waals surface area contributed by atoms with E-state index in [0.29, 0.717) is 17.0 Å². The van der Waals surface area contributed by atoms with Crippen molar-refractivity contribution in [2.75, 3.05) is 23.8 Å². The third-order valence-electron chi connectivity index (χ3n) is 7.09. The fourth-order valence-corrected chi connectivity index (χ4v) is 7.15. The highest BCUT2D eigenvalue weighted by atomic mass is 32.2. The van der Waals surface area contributed by atoms with Gasteiger partial charge in [0.15, 0.2) is 0 Å². The van der Waals surface area contributed by atoms with E-state index in [9.17, 15) is 14.4 Å². The van der Waals surface area contributed by atoms with E-state index in [4.69, 9.17) is 4.74 Å². The number of fused-ring (bicyclic) bond motifs is 1. The Labute approximate surface area is 243 Å². The number of hydrogen-bond donors (Lipinski definition) is 2. The minimum atomic E-state index is -0.383. The van der Waals surface area contributed by atoms with Gasteiger partial charge in [0.1, 0.15) is 5.00 Å². The van der Waals surface area contributed by atoms with Crippen molar-refractivity contribution in [3.8, 4) is 0 Å². The molecule has 2 aliphatic rings. The van der Waals surface area contributed by atoms with Gasteiger partial charge >= 0.3 is 5.97 Å². The van der Waals surface area contributed by atoms with Gasteiger partial charge in [-0.15, -0.1) is 23.1 Å². The van der Waals surface area contributed by atoms with Gasteiger partial charge < -0.3 is 15.4 Å². The number of anilines is 2. The van der Waals surface area contributed by atoms with E-state index >= 15 is 0 Å². The maximum atomic E-state index is 13.5. The molecule has 9 heteroatoms. The lowest BCUT2D eigenvalue weighted by atomic mass is 10.0. The normalized spacial score (nSPS) is 15.7. The average Bonchev–Trinajstić information content (AvgIpc) is 3.74. The molecule has 1 fully saturated rings. The highest BCUT2D eigenvalue weighted by Gasteiger charge is 2.31. The summed E-state index contributed by atoms with van der Waals surface area (Å²) in [5.41, 5.74) is 3.48. The zero-order valence-electron chi connectivity index (χ0n) is 22.9. The van der Waals surface area contributed by atoms with Crippen LogP contribution in [0.15, 0.2) is 59.5 Å². The van der Waals surface area contributed by atoms with Gasteiger partial charge in [0.2, 0.25) is 11.8 Å². The summed E-state index contributed by atoms with van der Waals surface area (Å²) in [6.07, 6.45) is 3.24. The lowest BCUT2D eigenvalue weighted by Crippen LogP contribution is -2.30. The van der Waals surface area contributed by atoms with Crippen LogP contribution in [0.3, 0.4) is 0 Å². The number of thiophene rings is 1. The highest BCUT2D eigenvalue weighted by Crippen LogP contribution is 2.39. The van der Waals surface area contributed by atoms with Crippen molar-refractivity contribution in [3.05, 3.63) is 76.2 Å². The molecule has 210 valence electrons. The van der Waals surface area contributed by atoms with Crippen molar-refractivity contribution in [2.45, 2.75) is 62.8 Å². The number of nitrogens with zero attached hydrogens (tertiary/aromatic N) is 1. The molecule has 0 bridgehead atoms. The van der Waals surface area contributed by atoms with Gasteiger partial charge in [-0.2, -0.15) is 0 Å². The zero-order valence-corrected chi connectivity index (χ0v) is 24.5. The smallest absolute Gasteiger partial charge is 0.341 e. The molecule has 0 saturated heterocycles.